The summed E-state index contributed by atoms with van der Waals surface area (Å²) >= 11 is 0. The molecule has 4 N–H and O–H groups in total. The van der Waals surface area contributed by atoms with Crippen molar-refractivity contribution in [3.8, 4) is 0 Å². The Balaban J connectivity index is 2.58. The third-order valence-corrected chi connectivity index (χ3v) is 3.83. The van der Waals surface area contributed by atoms with E-state index in [-0.39, 0.29) is 25.4 Å². The fourth-order valence-corrected chi connectivity index (χ4v) is 2.37. The average Bonchev–Trinajstić information content (AvgIpc) is 2.68. The molecule has 1 aliphatic heterocycles. The van der Waals surface area contributed by atoms with Crippen molar-refractivity contribution in [3.63, 3.8) is 0 Å². The summed E-state index contributed by atoms with van der Waals surface area (Å²) in [6.07, 6.45) is 0.831. The molecule has 3 atom stereocenters. The number of hydrogen-bond acceptors (Lipinski definition) is 6. The van der Waals surface area contributed by atoms with Crippen molar-refractivity contribution in [2.24, 2.45) is 11.7 Å². The van der Waals surface area contributed by atoms with Gasteiger partial charge in [-0.2, -0.15) is 0 Å². The number of nitrogens with one attached hydrogen (secondary N) is 1. The maximum atomic E-state index is 11.8. The zero-order valence-electron chi connectivity index (χ0n) is 10.5. The van der Waals surface area contributed by atoms with Crippen molar-refractivity contribution in [1.29, 1.82) is 0 Å². The molecular formula is C10H18N2O6S. The van der Waals surface area contributed by atoms with Crippen molar-refractivity contribution in [2.75, 3.05) is 25.2 Å². The number of carbonyl (C=O) groups is 2. The van der Waals surface area contributed by atoms with Crippen molar-refractivity contribution in [2.45, 2.75) is 18.5 Å². The van der Waals surface area contributed by atoms with E-state index in [4.69, 9.17) is 15.6 Å². The van der Waals surface area contributed by atoms with Crippen LogP contribution in [0, 0.1) is 5.92 Å². The molecule has 19 heavy (non-hydrogen) atoms. The number of hydrogen-bond donors (Lipinski definition) is 3. The summed E-state index contributed by atoms with van der Waals surface area (Å²) in [4.78, 5) is 22.8. The number of carboxylic acid groups (broad SMARTS) is 1. The van der Waals surface area contributed by atoms with Crippen LogP contribution in [-0.2, 0) is 24.2 Å². The van der Waals surface area contributed by atoms with Crippen LogP contribution in [0.3, 0.4) is 0 Å². The Morgan fingerprint density at radius 2 is 2.11 bits per heavy atom. The van der Waals surface area contributed by atoms with E-state index in [1.165, 1.54) is 0 Å². The molecule has 9 heteroatoms. The van der Waals surface area contributed by atoms with Crippen molar-refractivity contribution in [1.82, 2.24) is 5.32 Å². The molecule has 0 radical (unpaired) electrons. The molecule has 0 aromatic heterocycles. The molecule has 8 nitrogen and oxygen atoms in total. The summed E-state index contributed by atoms with van der Waals surface area (Å²) in [5, 5.41) is 11.3. The van der Waals surface area contributed by atoms with Gasteiger partial charge in [0.15, 0.2) is 0 Å². The molecule has 3 unspecified atom stereocenters. The fraction of sp³-hybridized carbons (Fsp3) is 0.800. The molecule has 0 aromatic carbocycles. The summed E-state index contributed by atoms with van der Waals surface area (Å²) in [7, 11) is -3.28. The summed E-state index contributed by atoms with van der Waals surface area (Å²) in [5.74, 6) is -2.70. The number of ether oxygens (including phenoxy) is 1. The van der Waals surface area contributed by atoms with Gasteiger partial charge in [-0.25, -0.2) is 13.2 Å². The van der Waals surface area contributed by atoms with Gasteiger partial charge >= 0.3 is 5.97 Å². The van der Waals surface area contributed by atoms with Gasteiger partial charge in [-0.05, 0) is 6.42 Å². The lowest BCUT2D eigenvalue weighted by Crippen LogP contribution is -2.48. The molecule has 0 aliphatic carbocycles. The van der Waals surface area contributed by atoms with Gasteiger partial charge in [-0.3, -0.25) is 4.79 Å². The molecule has 0 spiro atoms. The Bertz CT molecular complexity index is 449. The van der Waals surface area contributed by atoms with Gasteiger partial charge in [0.05, 0.1) is 24.9 Å². The first-order chi connectivity index (χ1) is 8.70. The smallest absolute Gasteiger partial charge is 0.326 e. The Morgan fingerprint density at radius 3 is 2.53 bits per heavy atom. The fourth-order valence-electron chi connectivity index (χ4n) is 1.71. The van der Waals surface area contributed by atoms with Crippen LogP contribution in [0.25, 0.3) is 0 Å². The van der Waals surface area contributed by atoms with E-state index in [1.54, 1.807) is 0 Å². The number of rotatable bonds is 6. The second-order valence-electron chi connectivity index (χ2n) is 4.63. The van der Waals surface area contributed by atoms with E-state index in [2.05, 4.69) is 5.32 Å². The Hall–Kier alpha value is -1.19. The first-order valence-corrected chi connectivity index (χ1v) is 7.81. The van der Waals surface area contributed by atoms with E-state index >= 15 is 0 Å². The standard InChI is InChI=1S/C10H18N2O6S/c1-19(16,17)3-2-8(10(14)15)12-9(13)6-4-18-5-7(6)11/h6-8H,2-5,11H2,1H3,(H,12,13)(H,14,15). The zero-order valence-corrected chi connectivity index (χ0v) is 11.4. The van der Waals surface area contributed by atoms with Crippen molar-refractivity contribution < 1.29 is 27.9 Å². The Kier molecular flexibility index (Phi) is 5.27. The summed E-state index contributed by atoms with van der Waals surface area (Å²) in [5.41, 5.74) is 5.65. The molecular weight excluding hydrogens is 276 g/mol. The largest absolute Gasteiger partial charge is 0.480 e. The molecule has 110 valence electrons. The number of amides is 1. The number of carboxylic acids is 1. The average molecular weight is 294 g/mol. The minimum absolute atomic E-state index is 0.144. The van der Waals surface area contributed by atoms with Crippen LogP contribution in [0.4, 0.5) is 0 Å². The highest BCUT2D eigenvalue weighted by Crippen LogP contribution is 2.12. The highest BCUT2D eigenvalue weighted by atomic mass is 32.2. The minimum Gasteiger partial charge on any atom is -0.480 e. The lowest BCUT2D eigenvalue weighted by molar-refractivity contribution is -0.142. The predicted octanol–water partition coefficient (Wildman–Crippen LogP) is -2.04. The van der Waals surface area contributed by atoms with Crippen LogP contribution >= 0.6 is 0 Å². The van der Waals surface area contributed by atoms with Crippen molar-refractivity contribution >= 4 is 21.7 Å². The molecule has 1 amide bonds. The topological polar surface area (TPSA) is 136 Å². The lowest BCUT2D eigenvalue weighted by Gasteiger charge is -2.18. The van der Waals surface area contributed by atoms with Crippen LogP contribution in [0.2, 0.25) is 0 Å². The van der Waals surface area contributed by atoms with Crippen LogP contribution in [0.1, 0.15) is 6.42 Å². The van der Waals surface area contributed by atoms with Gasteiger partial charge in [-0.15, -0.1) is 0 Å². The van der Waals surface area contributed by atoms with Crippen LogP contribution in [-0.4, -0.2) is 62.7 Å². The van der Waals surface area contributed by atoms with Gasteiger partial charge < -0.3 is 20.9 Å². The quantitative estimate of drug-likeness (QED) is 0.513. The maximum Gasteiger partial charge on any atom is 0.326 e. The third kappa shape index (κ3) is 5.13. The summed E-state index contributed by atoms with van der Waals surface area (Å²) < 4.78 is 27.0. The Labute approximate surface area is 111 Å². The molecule has 1 saturated heterocycles. The number of nitrogens with two attached hydrogens (primary N) is 1. The molecule has 1 fully saturated rings. The van der Waals surface area contributed by atoms with Gasteiger partial charge in [0.1, 0.15) is 15.9 Å². The molecule has 1 rings (SSSR count). The molecule has 1 heterocycles. The predicted molar refractivity (Wildman–Crippen MR) is 66.2 cm³/mol. The van der Waals surface area contributed by atoms with Gasteiger partial charge in [0.25, 0.3) is 0 Å². The second kappa shape index (κ2) is 6.31. The number of carbonyl (C=O) groups excluding carboxylic acids is 1. The van der Waals surface area contributed by atoms with Crippen LogP contribution in [0.15, 0.2) is 0 Å². The molecule has 0 bridgehead atoms. The van der Waals surface area contributed by atoms with Crippen LogP contribution < -0.4 is 11.1 Å². The van der Waals surface area contributed by atoms with E-state index in [0.29, 0.717) is 0 Å². The SMILES string of the molecule is CS(=O)(=O)CCC(NC(=O)C1COCC1N)C(=O)O. The van der Waals surface area contributed by atoms with Crippen molar-refractivity contribution in [3.05, 3.63) is 0 Å². The van der Waals surface area contributed by atoms with Gasteiger partial charge in [-0.1, -0.05) is 0 Å². The second-order valence-corrected chi connectivity index (χ2v) is 6.89. The molecule has 0 aromatic rings. The van der Waals surface area contributed by atoms with Gasteiger partial charge in [0.2, 0.25) is 5.91 Å². The summed E-state index contributed by atoms with van der Waals surface area (Å²) in [6.45, 7) is 0.393. The first-order valence-electron chi connectivity index (χ1n) is 5.75. The van der Waals surface area contributed by atoms with E-state index in [0.717, 1.165) is 6.26 Å². The normalized spacial score (nSPS) is 24.9. The Morgan fingerprint density at radius 1 is 1.47 bits per heavy atom. The van der Waals surface area contributed by atoms with E-state index in [9.17, 15) is 18.0 Å². The minimum atomic E-state index is -3.28. The van der Waals surface area contributed by atoms with E-state index < -0.39 is 39.7 Å². The summed E-state index contributed by atoms with van der Waals surface area (Å²) in [6, 6.07) is -1.71. The molecule has 1 aliphatic rings. The highest BCUT2D eigenvalue weighted by molar-refractivity contribution is 7.90. The number of aliphatic carboxylic acids is 1. The molecule has 0 saturated carbocycles. The maximum absolute atomic E-state index is 11.8. The lowest BCUT2D eigenvalue weighted by atomic mass is 10.0. The monoisotopic (exact) mass is 294 g/mol. The first kappa shape index (κ1) is 15.9. The van der Waals surface area contributed by atoms with Gasteiger partial charge in [0, 0.05) is 12.3 Å². The van der Waals surface area contributed by atoms with Crippen LogP contribution in [0.5, 0.6) is 0 Å². The van der Waals surface area contributed by atoms with E-state index in [1.807, 2.05) is 0 Å². The third-order valence-electron chi connectivity index (χ3n) is 2.85. The number of sulfone groups is 1. The zero-order chi connectivity index (χ0) is 14.6. The highest BCUT2D eigenvalue weighted by Gasteiger charge is 2.33.